The lowest BCUT2D eigenvalue weighted by molar-refractivity contribution is 0.472. The van der Waals surface area contributed by atoms with Crippen LogP contribution in [0.1, 0.15) is 18.4 Å². The van der Waals surface area contributed by atoms with Crippen LogP contribution in [0.5, 0.6) is 0 Å². The predicted octanol–water partition coefficient (Wildman–Crippen LogP) is 2.99. The lowest BCUT2D eigenvalue weighted by Crippen LogP contribution is -2.18. The average molecular weight is 306 g/mol. The van der Waals surface area contributed by atoms with Gasteiger partial charge < -0.3 is 5.32 Å². The molecule has 2 aliphatic rings. The molecule has 0 amide bonds. The number of anilines is 2. The zero-order chi connectivity index (χ0) is 15.0. The molecule has 114 valence electrons. The van der Waals surface area contributed by atoms with Crippen LogP contribution < -0.4 is 10.0 Å². The summed E-state index contributed by atoms with van der Waals surface area (Å²) in [5.41, 5.74) is 2.54. The van der Waals surface area contributed by atoms with Crippen molar-refractivity contribution in [1.82, 2.24) is 0 Å². The summed E-state index contributed by atoms with van der Waals surface area (Å²) in [6.45, 7) is 2.85. The minimum absolute atomic E-state index is 0.648. The molecular weight excluding hydrogens is 284 g/mol. The van der Waals surface area contributed by atoms with Crippen LogP contribution >= 0.6 is 0 Å². The molecule has 0 unspecified atom stereocenters. The molecule has 1 fully saturated rings. The second-order valence-electron chi connectivity index (χ2n) is 6.33. The zero-order valence-corrected chi connectivity index (χ0v) is 13.3. The first-order valence-electron chi connectivity index (χ1n) is 7.41. The van der Waals surface area contributed by atoms with Crippen molar-refractivity contribution in [2.24, 2.45) is 17.8 Å². The van der Waals surface area contributed by atoms with Gasteiger partial charge in [-0.25, -0.2) is 8.42 Å². The van der Waals surface area contributed by atoms with Crippen molar-refractivity contribution in [1.29, 1.82) is 0 Å². The molecule has 2 aliphatic carbocycles. The molecule has 0 heterocycles. The largest absolute Gasteiger partial charge is 0.385 e. The minimum Gasteiger partial charge on any atom is -0.385 e. The zero-order valence-electron chi connectivity index (χ0n) is 12.5. The van der Waals surface area contributed by atoms with Crippen LogP contribution in [-0.4, -0.2) is 21.2 Å². The van der Waals surface area contributed by atoms with Crippen molar-refractivity contribution in [3.05, 3.63) is 35.9 Å². The van der Waals surface area contributed by atoms with Gasteiger partial charge in [-0.3, -0.25) is 4.72 Å². The number of hydrogen-bond acceptors (Lipinski definition) is 3. The maximum absolute atomic E-state index is 11.4. The number of fused-ring (bicyclic) bond motifs is 2. The maximum atomic E-state index is 11.4. The molecule has 0 spiro atoms. The Balaban J connectivity index is 1.66. The molecule has 0 aromatic heterocycles. The number of hydrogen-bond donors (Lipinski definition) is 2. The molecule has 0 aliphatic heterocycles. The van der Waals surface area contributed by atoms with Crippen molar-refractivity contribution in [2.75, 3.05) is 22.8 Å². The highest BCUT2D eigenvalue weighted by atomic mass is 32.2. The van der Waals surface area contributed by atoms with Crippen LogP contribution in [0, 0.1) is 24.7 Å². The molecule has 2 N–H and O–H groups in total. The van der Waals surface area contributed by atoms with E-state index in [1.54, 1.807) is 0 Å². The summed E-state index contributed by atoms with van der Waals surface area (Å²) < 4.78 is 25.3. The van der Waals surface area contributed by atoms with Gasteiger partial charge in [0.15, 0.2) is 0 Å². The van der Waals surface area contributed by atoms with E-state index in [1.165, 1.54) is 19.1 Å². The Morgan fingerprint density at radius 2 is 2.05 bits per heavy atom. The Morgan fingerprint density at radius 3 is 2.67 bits per heavy atom. The van der Waals surface area contributed by atoms with E-state index in [0.717, 1.165) is 29.6 Å². The summed E-state index contributed by atoms with van der Waals surface area (Å²) in [6.07, 6.45) is 8.46. The normalized spacial score (nSPS) is 27.0. The van der Waals surface area contributed by atoms with Gasteiger partial charge >= 0.3 is 0 Å². The van der Waals surface area contributed by atoms with Crippen molar-refractivity contribution in [2.45, 2.75) is 19.8 Å². The molecule has 21 heavy (non-hydrogen) atoms. The average Bonchev–Trinajstić information content (AvgIpc) is 3.00. The molecule has 5 heteroatoms. The Morgan fingerprint density at radius 1 is 1.24 bits per heavy atom. The highest BCUT2D eigenvalue weighted by Gasteiger charge is 2.35. The Hall–Kier alpha value is -1.49. The van der Waals surface area contributed by atoms with Gasteiger partial charge in [0.1, 0.15) is 0 Å². The third-order valence-electron chi connectivity index (χ3n) is 4.52. The fourth-order valence-corrected chi connectivity index (χ4v) is 4.04. The van der Waals surface area contributed by atoms with Gasteiger partial charge in [0.2, 0.25) is 10.0 Å². The van der Waals surface area contributed by atoms with Gasteiger partial charge in [-0.1, -0.05) is 18.2 Å². The van der Waals surface area contributed by atoms with Gasteiger partial charge in [-0.2, -0.15) is 0 Å². The van der Waals surface area contributed by atoms with E-state index in [1.807, 2.05) is 25.1 Å². The molecule has 0 radical (unpaired) electrons. The minimum atomic E-state index is -3.24. The molecule has 2 bridgehead atoms. The lowest BCUT2D eigenvalue weighted by atomic mass is 9.93. The van der Waals surface area contributed by atoms with Crippen molar-refractivity contribution >= 4 is 21.4 Å². The highest BCUT2D eigenvalue weighted by molar-refractivity contribution is 7.92. The van der Waals surface area contributed by atoms with E-state index < -0.39 is 10.0 Å². The van der Waals surface area contributed by atoms with Crippen molar-refractivity contribution in [3.8, 4) is 0 Å². The second-order valence-corrected chi connectivity index (χ2v) is 8.07. The predicted molar refractivity (Wildman–Crippen MR) is 87.0 cm³/mol. The summed E-state index contributed by atoms with van der Waals surface area (Å²) >= 11 is 0. The SMILES string of the molecule is Cc1ccc(NC[C@H]2C[C@H]3C=C[C@H]2C3)cc1NS(C)(=O)=O. The van der Waals surface area contributed by atoms with Crippen LogP contribution in [0.4, 0.5) is 11.4 Å². The number of rotatable bonds is 5. The molecule has 3 atom stereocenters. The Bertz CT molecular complexity index is 667. The summed E-state index contributed by atoms with van der Waals surface area (Å²) in [5.74, 6) is 2.21. The van der Waals surface area contributed by atoms with E-state index in [-0.39, 0.29) is 0 Å². The van der Waals surface area contributed by atoms with Crippen LogP contribution in [0.25, 0.3) is 0 Å². The van der Waals surface area contributed by atoms with Crippen molar-refractivity contribution < 1.29 is 8.42 Å². The van der Waals surface area contributed by atoms with Gasteiger partial charge in [0.25, 0.3) is 0 Å². The third kappa shape index (κ3) is 3.40. The number of aryl methyl sites for hydroxylation is 1. The summed E-state index contributed by atoms with van der Waals surface area (Å²) in [7, 11) is -3.24. The fraction of sp³-hybridized carbons (Fsp3) is 0.500. The van der Waals surface area contributed by atoms with Gasteiger partial charge in [0.05, 0.1) is 11.9 Å². The van der Waals surface area contributed by atoms with Crippen LogP contribution in [0.15, 0.2) is 30.4 Å². The molecule has 1 aromatic rings. The summed E-state index contributed by atoms with van der Waals surface area (Å²) in [5, 5.41) is 3.46. The van der Waals surface area contributed by atoms with Crippen LogP contribution in [0.2, 0.25) is 0 Å². The fourth-order valence-electron chi connectivity index (χ4n) is 3.42. The summed E-state index contributed by atoms with van der Waals surface area (Å²) in [4.78, 5) is 0. The van der Waals surface area contributed by atoms with E-state index in [9.17, 15) is 8.42 Å². The van der Waals surface area contributed by atoms with Crippen LogP contribution in [0.3, 0.4) is 0 Å². The molecule has 4 nitrogen and oxygen atoms in total. The number of nitrogens with one attached hydrogen (secondary N) is 2. The molecule has 1 saturated carbocycles. The Kier molecular flexibility index (Phi) is 3.69. The van der Waals surface area contributed by atoms with E-state index in [0.29, 0.717) is 11.6 Å². The second kappa shape index (κ2) is 5.37. The quantitative estimate of drug-likeness (QED) is 0.822. The van der Waals surface area contributed by atoms with E-state index >= 15 is 0 Å². The highest BCUT2D eigenvalue weighted by Crippen LogP contribution is 2.43. The maximum Gasteiger partial charge on any atom is 0.229 e. The standard InChI is InChI=1S/C16H22N2O2S/c1-11-3-6-15(9-16(11)18-21(2,19)20)17-10-14-8-12-4-5-13(14)7-12/h3-6,9,12-14,17-18H,7-8,10H2,1-2H3/t12-,13-,14+/m0/s1. The van der Waals surface area contributed by atoms with Gasteiger partial charge in [0, 0.05) is 12.2 Å². The number of sulfonamides is 1. The smallest absolute Gasteiger partial charge is 0.229 e. The van der Waals surface area contributed by atoms with Crippen molar-refractivity contribution in [3.63, 3.8) is 0 Å². The third-order valence-corrected chi connectivity index (χ3v) is 5.11. The topological polar surface area (TPSA) is 58.2 Å². The molecule has 3 rings (SSSR count). The lowest BCUT2D eigenvalue weighted by Gasteiger charge is -2.20. The molecule has 0 saturated heterocycles. The van der Waals surface area contributed by atoms with E-state index in [2.05, 4.69) is 22.2 Å². The van der Waals surface area contributed by atoms with Gasteiger partial charge in [-0.05, 0) is 55.2 Å². The number of allylic oxidation sites excluding steroid dienone is 2. The molecule has 1 aromatic carbocycles. The first-order valence-corrected chi connectivity index (χ1v) is 9.30. The number of benzene rings is 1. The Labute approximate surface area is 126 Å². The van der Waals surface area contributed by atoms with Gasteiger partial charge in [-0.15, -0.1) is 0 Å². The van der Waals surface area contributed by atoms with Crippen LogP contribution in [-0.2, 0) is 10.0 Å². The first-order chi connectivity index (χ1) is 9.90. The van der Waals surface area contributed by atoms with E-state index in [4.69, 9.17) is 0 Å². The molecular formula is C16H22N2O2S. The monoisotopic (exact) mass is 306 g/mol. The summed E-state index contributed by atoms with van der Waals surface area (Å²) in [6, 6.07) is 5.82. The first kappa shape index (κ1) is 14.4.